The van der Waals surface area contributed by atoms with E-state index in [1.807, 2.05) is 0 Å². The molecule has 0 radical (unpaired) electrons. The van der Waals surface area contributed by atoms with E-state index in [4.69, 9.17) is 5.21 Å². The third kappa shape index (κ3) is 4.20. The van der Waals surface area contributed by atoms with Gasteiger partial charge < -0.3 is 5.21 Å². The number of hydrogen-bond acceptors (Lipinski definition) is 6. The minimum Gasteiger partial charge on any atom is -0.411 e. The van der Waals surface area contributed by atoms with Crippen LogP contribution in [0.15, 0.2) is 34.5 Å². The molecule has 18 heavy (non-hydrogen) atoms. The maximum atomic E-state index is 10.5. The zero-order valence-corrected chi connectivity index (χ0v) is 10.1. The van der Waals surface area contributed by atoms with Gasteiger partial charge in [-0.05, 0) is 31.5 Å². The van der Waals surface area contributed by atoms with Crippen LogP contribution in [-0.4, -0.2) is 28.1 Å². The van der Waals surface area contributed by atoms with Crippen LogP contribution < -0.4 is 5.43 Å². The molecule has 2 N–H and O–H groups in total. The number of oxime groups is 1. The van der Waals surface area contributed by atoms with E-state index in [0.29, 0.717) is 0 Å². The summed E-state index contributed by atoms with van der Waals surface area (Å²) in [6.45, 7) is 3.56. The average molecular weight is 250 g/mol. The molecule has 1 rings (SSSR count). The van der Waals surface area contributed by atoms with E-state index in [1.165, 1.54) is 24.6 Å². The molecule has 0 aliphatic heterocycles. The van der Waals surface area contributed by atoms with Crippen LogP contribution in [0.5, 0.6) is 0 Å². The summed E-state index contributed by atoms with van der Waals surface area (Å²) < 4.78 is 0. The van der Waals surface area contributed by atoms with E-state index < -0.39 is 10.5 Å². The summed E-state index contributed by atoms with van der Waals surface area (Å²) in [5, 5.41) is 25.8. The van der Waals surface area contributed by atoms with Crippen molar-refractivity contribution in [1.29, 1.82) is 0 Å². The molecule has 0 spiro atoms. The Morgan fingerprint density at radius 3 is 2.50 bits per heavy atom. The van der Waals surface area contributed by atoms with Crippen LogP contribution in [0.25, 0.3) is 0 Å². The van der Waals surface area contributed by atoms with E-state index in [9.17, 15) is 10.1 Å². The number of rotatable bonds is 5. The standard InChI is InChI=1S/C11H14N4O3/c1-11(2,8-13-16)14-12-7-9-3-5-10(6-4-9)15(17)18/h3-8,14,16H,1-2H3/b12-7+,13-8+. The Morgan fingerprint density at radius 2 is 2.00 bits per heavy atom. The Balaban J connectivity index is 2.65. The van der Waals surface area contributed by atoms with Crippen molar-refractivity contribution >= 4 is 18.1 Å². The number of nitrogens with one attached hydrogen (secondary N) is 1. The second-order valence-corrected chi connectivity index (χ2v) is 4.18. The first-order chi connectivity index (χ1) is 8.44. The molecule has 0 fully saturated rings. The Hall–Kier alpha value is -2.44. The molecule has 7 nitrogen and oxygen atoms in total. The molecule has 0 heterocycles. The summed E-state index contributed by atoms with van der Waals surface area (Å²) in [7, 11) is 0. The van der Waals surface area contributed by atoms with Gasteiger partial charge in [0.15, 0.2) is 0 Å². The van der Waals surface area contributed by atoms with Gasteiger partial charge in [-0.25, -0.2) is 0 Å². The molecule has 0 amide bonds. The molecule has 0 saturated heterocycles. The number of nitro benzene ring substituents is 1. The van der Waals surface area contributed by atoms with Gasteiger partial charge in [0.05, 0.1) is 22.9 Å². The van der Waals surface area contributed by atoms with E-state index in [1.54, 1.807) is 26.0 Å². The van der Waals surface area contributed by atoms with E-state index in [2.05, 4.69) is 15.7 Å². The van der Waals surface area contributed by atoms with Crippen molar-refractivity contribution in [3.63, 3.8) is 0 Å². The Morgan fingerprint density at radius 1 is 1.39 bits per heavy atom. The fourth-order valence-corrected chi connectivity index (χ4v) is 1.13. The van der Waals surface area contributed by atoms with Crippen LogP contribution in [0.3, 0.4) is 0 Å². The number of hydrazone groups is 1. The van der Waals surface area contributed by atoms with Crippen LogP contribution in [0.2, 0.25) is 0 Å². The number of nitrogens with zero attached hydrogens (tertiary/aromatic N) is 3. The number of nitro groups is 1. The second-order valence-electron chi connectivity index (χ2n) is 4.18. The highest BCUT2D eigenvalue weighted by Gasteiger charge is 2.12. The van der Waals surface area contributed by atoms with Crippen molar-refractivity contribution in [3.8, 4) is 0 Å². The average Bonchev–Trinajstić information content (AvgIpc) is 2.29. The first-order valence-corrected chi connectivity index (χ1v) is 5.18. The van der Waals surface area contributed by atoms with Crippen molar-refractivity contribution in [2.45, 2.75) is 19.4 Å². The van der Waals surface area contributed by atoms with Crippen molar-refractivity contribution in [2.75, 3.05) is 0 Å². The minimum absolute atomic E-state index is 0.0350. The van der Waals surface area contributed by atoms with Crippen LogP contribution in [0.1, 0.15) is 19.4 Å². The number of hydrogen-bond donors (Lipinski definition) is 2. The highest BCUT2D eigenvalue weighted by Crippen LogP contribution is 2.10. The molecule has 96 valence electrons. The molecule has 7 heteroatoms. The van der Waals surface area contributed by atoms with E-state index in [0.717, 1.165) is 5.56 Å². The minimum atomic E-state index is -0.577. The van der Waals surface area contributed by atoms with Gasteiger partial charge in [-0.1, -0.05) is 5.16 Å². The van der Waals surface area contributed by atoms with Crippen molar-refractivity contribution in [1.82, 2.24) is 5.43 Å². The summed E-state index contributed by atoms with van der Waals surface area (Å²) in [5.74, 6) is 0. The number of non-ortho nitro benzene ring substituents is 1. The lowest BCUT2D eigenvalue weighted by Crippen LogP contribution is -2.37. The lowest BCUT2D eigenvalue weighted by atomic mass is 10.1. The zero-order valence-electron chi connectivity index (χ0n) is 10.1. The summed E-state index contributed by atoms with van der Waals surface area (Å²) in [4.78, 5) is 9.99. The van der Waals surface area contributed by atoms with Gasteiger partial charge in [0.1, 0.15) is 0 Å². The van der Waals surface area contributed by atoms with Gasteiger partial charge >= 0.3 is 0 Å². The maximum absolute atomic E-state index is 10.5. The predicted molar refractivity (Wildman–Crippen MR) is 68.2 cm³/mol. The third-order valence-electron chi connectivity index (χ3n) is 2.05. The van der Waals surface area contributed by atoms with Crippen molar-refractivity contribution in [3.05, 3.63) is 39.9 Å². The molecule has 0 bridgehead atoms. The summed E-state index contributed by atoms with van der Waals surface area (Å²) >= 11 is 0. The lowest BCUT2D eigenvalue weighted by molar-refractivity contribution is -0.384. The quantitative estimate of drug-likeness (QED) is 0.360. The van der Waals surface area contributed by atoms with E-state index in [-0.39, 0.29) is 5.69 Å². The molecule has 1 aromatic carbocycles. The van der Waals surface area contributed by atoms with Gasteiger partial charge in [-0.3, -0.25) is 15.5 Å². The molecule has 0 aliphatic carbocycles. The normalized spacial score (nSPS) is 12.1. The van der Waals surface area contributed by atoms with E-state index >= 15 is 0 Å². The second kappa shape index (κ2) is 5.76. The van der Waals surface area contributed by atoms with Crippen LogP contribution >= 0.6 is 0 Å². The topological polar surface area (TPSA) is 100 Å². The zero-order chi connectivity index (χ0) is 13.6. The molecule has 0 aromatic heterocycles. The maximum Gasteiger partial charge on any atom is 0.269 e. The van der Waals surface area contributed by atoms with Crippen LogP contribution in [0, 0.1) is 10.1 Å². The Kier molecular flexibility index (Phi) is 4.36. The molecule has 1 aromatic rings. The fraction of sp³-hybridized carbons (Fsp3) is 0.273. The first-order valence-electron chi connectivity index (χ1n) is 5.18. The van der Waals surface area contributed by atoms with Crippen molar-refractivity contribution < 1.29 is 10.1 Å². The molecular formula is C11H14N4O3. The predicted octanol–water partition coefficient (Wildman–Crippen LogP) is 1.76. The highest BCUT2D eigenvalue weighted by atomic mass is 16.6. The largest absolute Gasteiger partial charge is 0.411 e. The van der Waals surface area contributed by atoms with Gasteiger partial charge in [-0.2, -0.15) is 5.10 Å². The molecule has 0 aliphatic rings. The van der Waals surface area contributed by atoms with Crippen molar-refractivity contribution in [2.24, 2.45) is 10.3 Å². The Bertz CT molecular complexity index is 466. The summed E-state index contributed by atoms with van der Waals surface area (Å²) in [6, 6.07) is 6.00. The molecule has 0 saturated carbocycles. The monoisotopic (exact) mass is 250 g/mol. The highest BCUT2D eigenvalue weighted by molar-refractivity contribution is 5.80. The summed E-state index contributed by atoms with van der Waals surface area (Å²) in [6.07, 6.45) is 2.83. The lowest BCUT2D eigenvalue weighted by Gasteiger charge is -2.17. The Labute approximate surface area is 104 Å². The smallest absolute Gasteiger partial charge is 0.269 e. The molecule has 0 atom stereocenters. The van der Waals surface area contributed by atoms with Gasteiger partial charge in [0, 0.05) is 12.1 Å². The van der Waals surface area contributed by atoms with Gasteiger partial charge in [-0.15, -0.1) is 0 Å². The first kappa shape index (κ1) is 13.6. The fourth-order valence-electron chi connectivity index (χ4n) is 1.13. The molecule has 0 unspecified atom stereocenters. The SMILES string of the molecule is CC(C)(/C=N/O)N/N=C/c1ccc([N+](=O)[O-])cc1. The summed E-state index contributed by atoms with van der Waals surface area (Å²) in [5.41, 5.74) is 2.96. The number of benzene rings is 1. The molecular weight excluding hydrogens is 236 g/mol. The van der Waals surface area contributed by atoms with Crippen LogP contribution in [-0.2, 0) is 0 Å². The van der Waals surface area contributed by atoms with Gasteiger partial charge in [0.2, 0.25) is 0 Å². The van der Waals surface area contributed by atoms with Crippen LogP contribution in [0.4, 0.5) is 5.69 Å². The van der Waals surface area contributed by atoms with Gasteiger partial charge in [0.25, 0.3) is 5.69 Å². The third-order valence-corrected chi connectivity index (χ3v) is 2.05.